The summed E-state index contributed by atoms with van der Waals surface area (Å²) in [6, 6.07) is 13.4. The Bertz CT molecular complexity index is 1210. The molecule has 152 valence electrons. The molecule has 9 heteroatoms. The highest BCUT2D eigenvalue weighted by atomic mass is 16.4. The van der Waals surface area contributed by atoms with E-state index in [9.17, 15) is 14.7 Å². The predicted octanol–water partition coefficient (Wildman–Crippen LogP) is 1.98. The molecule has 2 aromatic carbocycles. The van der Waals surface area contributed by atoms with Crippen LogP contribution in [-0.2, 0) is 16.1 Å². The normalized spacial score (nSPS) is 13.7. The number of nitrogens with one attached hydrogen (secondary N) is 2. The minimum Gasteiger partial charge on any atom is -0.505 e. The van der Waals surface area contributed by atoms with E-state index in [0.717, 1.165) is 33.9 Å². The number of aromatic amines is 1. The molecule has 1 aliphatic heterocycles. The number of aliphatic hydroxyl groups is 1. The van der Waals surface area contributed by atoms with Gasteiger partial charge in [0.15, 0.2) is 11.5 Å². The monoisotopic (exact) mass is 405 g/mol. The number of hydrogen-bond donors (Lipinski definition) is 5. The third kappa shape index (κ3) is 3.32. The molecular formula is C21H19N5O4. The maximum Gasteiger partial charge on any atom is 0.322 e. The zero-order valence-corrected chi connectivity index (χ0v) is 15.8. The molecule has 9 nitrogen and oxygen atoms in total. The highest BCUT2D eigenvalue weighted by Crippen LogP contribution is 2.37. The molecule has 0 atom stereocenters. The molecule has 1 aliphatic rings. The third-order valence-electron chi connectivity index (χ3n) is 4.91. The van der Waals surface area contributed by atoms with E-state index in [2.05, 4.69) is 15.4 Å². The summed E-state index contributed by atoms with van der Waals surface area (Å²) in [6.45, 7) is -0.416. The Morgan fingerprint density at radius 2 is 2.03 bits per heavy atom. The second-order valence-corrected chi connectivity index (χ2v) is 6.71. The number of H-pyrrole nitrogens is 1. The number of amides is 1. The van der Waals surface area contributed by atoms with Crippen molar-refractivity contribution in [2.24, 2.45) is 10.8 Å². The fourth-order valence-corrected chi connectivity index (χ4v) is 3.59. The molecule has 1 amide bonds. The lowest BCUT2D eigenvalue weighted by Crippen LogP contribution is -2.38. The first-order chi connectivity index (χ1) is 14.5. The fraction of sp³-hybridized carbons (Fsp3) is 0.0952. The molecule has 0 bridgehead atoms. The minimum atomic E-state index is -1.20. The predicted molar refractivity (Wildman–Crippen MR) is 112 cm³/mol. The van der Waals surface area contributed by atoms with Crippen LogP contribution in [0.1, 0.15) is 11.1 Å². The van der Waals surface area contributed by atoms with E-state index in [1.807, 2.05) is 36.5 Å². The number of carboxylic acids is 1. The van der Waals surface area contributed by atoms with E-state index in [1.165, 1.54) is 5.01 Å². The van der Waals surface area contributed by atoms with E-state index >= 15 is 0 Å². The second kappa shape index (κ2) is 7.63. The van der Waals surface area contributed by atoms with Crippen LogP contribution in [0.5, 0.6) is 0 Å². The van der Waals surface area contributed by atoms with E-state index in [-0.39, 0.29) is 18.0 Å². The van der Waals surface area contributed by atoms with Crippen LogP contribution >= 0.6 is 0 Å². The van der Waals surface area contributed by atoms with Gasteiger partial charge in [-0.25, -0.2) is 0 Å². The molecule has 4 rings (SSSR count). The van der Waals surface area contributed by atoms with Crippen molar-refractivity contribution in [1.82, 2.24) is 15.3 Å². The molecule has 0 radical (unpaired) electrons. The number of nitrogens with two attached hydrogens (primary N) is 1. The zero-order valence-electron chi connectivity index (χ0n) is 15.8. The van der Waals surface area contributed by atoms with Crippen molar-refractivity contribution in [3.05, 3.63) is 65.5 Å². The maximum atomic E-state index is 12.5. The molecule has 0 fully saturated rings. The molecule has 30 heavy (non-hydrogen) atoms. The Kier molecular flexibility index (Phi) is 4.85. The van der Waals surface area contributed by atoms with Crippen LogP contribution in [0.4, 0.5) is 0 Å². The van der Waals surface area contributed by atoms with Crippen molar-refractivity contribution in [2.45, 2.75) is 6.54 Å². The van der Waals surface area contributed by atoms with E-state index in [1.54, 1.807) is 12.1 Å². The van der Waals surface area contributed by atoms with Crippen LogP contribution in [0, 0.1) is 0 Å². The molecular weight excluding hydrogens is 386 g/mol. The van der Waals surface area contributed by atoms with Gasteiger partial charge in [0.05, 0.1) is 6.54 Å². The maximum absolute atomic E-state index is 12.5. The largest absolute Gasteiger partial charge is 0.505 e. The Labute approximate surface area is 171 Å². The number of carbonyl (C=O) groups excluding carboxylic acids is 1. The van der Waals surface area contributed by atoms with Crippen molar-refractivity contribution in [1.29, 1.82) is 0 Å². The number of aromatic nitrogens is 1. The molecule has 0 aliphatic carbocycles. The lowest BCUT2D eigenvalue weighted by atomic mass is 9.91. The van der Waals surface area contributed by atoms with Gasteiger partial charge in [-0.05, 0) is 34.2 Å². The SMILES string of the molecule is N/C=N\N1Cc2c(cccc2-c2ccc3cc[nH]c3c2)C(O)=C1C(=O)NCC(=O)O. The highest BCUT2D eigenvalue weighted by molar-refractivity contribution is 6.01. The highest BCUT2D eigenvalue weighted by Gasteiger charge is 2.31. The number of hydrogen-bond acceptors (Lipinski definition) is 5. The number of fused-ring (bicyclic) bond motifs is 2. The number of hydrazone groups is 1. The summed E-state index contributed by atoms with van der Waals surface area (Å²) in [4.78, 5) is 26.5. The molecule has 3 aromatic rings. The number of aliphatic carboxylic acids is 1. The summed E-state index contributed by atoms with van der Waals surface area (Å²) in [6.07, 6.45) is 2.87. The lowest BCUT2D eigenvalue weighted by Gasteiger charge is -2.29. The first-order valence-corrected chi connectivity index (χ1v) is 9.14. The summed E-state index contributed by atoms with van der Waals surface area (Å²) in [7, 11) is 0. The summed E-state index contributed by atoms with van der Waals surface area (Å²) < 4.78 is 0. The Morgan fingerprint density at radius 3 is 2.80 bits per heavy atom. The van der Waals surface area contributed by atoms with Gasteiger partial charge < -0.3 is 26.2 Å². The van der Waals surface area contributed by atoms with Gasteiger partial charge in [0, 0.05) is 17.3 Å². The minimum absolute atomic E-state index is 0.164. The number of nitrogens with zero attached hydrogens (tertiary/aromatic N) is 2. The van der Waals surface area contributed by atoms with Crippen LogP contribution in [-0.4, -0.2) is 45.0 Å². The molecule has 0 saturated heterocycles. The van der Waals surface area contributed by atoms with Gasteiger partial charge >= 0.3 is 5.97 Å². The Morgan fingerprint density at radius 1 is 1.23 bits per heavy atom. The van der Waals surface area contributed by atoms with Crippen molar-refractivity contribution in [3.8, 4) is 11.1 Å². The zero-order chi connectivity index (χ0) is 21.3. The molecule has 1 aromatic heterocycles. The molecule has 6 N–H and O–H groups in total. The van der Waals surface area contributed by atoms with Crippen LogP contribution in [0.25, 0.3) is 27.8 Å². The van der Waals surface area contributed by atoms with Gasteiger partial charge in [-0.3, -0.25) is 14.6 Å². The van der Waals surface area contributed by atoms with Crippen LogP contribution in [0.15, 0.2) is 59.5 Å². The summed E-state index contributed by atoms with van der Waals surface area (Å²) in [5, 5.41) is 28.3. The third-order valence-corrected chi connectivity index (χ3v) is 4.91. The number of rotatable bonds is 5. The van der Waals surface area contributed by atoms with Gasteiger partial charge in [-0.2, -0.15) is 5.10 Å². The van der Waals surface area contributed by atoms with Crippen LogP contribution in [0.2, 0.25) is 0 Å². The van der Waals surface area contributed by atoms with Crippen molar-refractivity contribution in [3.63, 3.8) is 0 Å². The molecule has 0 saturated carbocycles. The first kappa shape index (κ1) is 19.1. The van der Waals surface area contributed by atoms with Gasteiger partial charge in [0.1, 0.15) is 12.9 Å². The summed E-state index contributed by atoms with van der Waals surface area (Å²) >= 11 is 0. The fourth-order valence-electron chi connectivity index (χ4n) is 3.59. The van der Waals surface area contributed by atoms with E-state index in [4.69, 9.17) is 10.8 Å². The molecule has 0 unspecified atom stereocenters. The average Bonchev–Trinajstić information content (AvgIpc) is 3.20. The van der Waals surface area contributed by atoms with Crippen molar-refractivity contribution in [2.75, 3.05) is 6.54 Å². The van der Waals surface area contributed by atoms with Crippen molar-refractivity contribution < 1.29 is 19.8 Å². The van der Waals surface area contributed by atoms with Gasteiger partial charge in [-0.15, -0.1) is 0 Å². The van der Waals surface area contributed by atoms with Gasteiger partial charge in [-0.1, -0.05) is 30.3 Å². The summed E-state index contributed by atoms with van der Waals surface area (Å²) in [5.74, 6) is -2.26. The standard InChI is InChI=1S/C21H19N5O4/c22-11-25-26-10-16-14(13-5-4-12-6-7-23-17(12)8-13)2-1-3-15(16)20(29)19(26)21(30)24-9-18(27)28/h1-8,11,23,29H,9-10H2,(H2,22,25)(H,24,30)(H,27,28). The topological polar surface area (TPSA) is 144 Å². The second-order valence-electron chi connectivity index (χ2n) is 6.71. The van der Waals surface area contributed by atoms with Crippen LogP contribution in [0.3, 0.4) is 0 Å². The summed E-state index contributed by atoms with van der Waals surface area (Å²) in [5.41, 5.74) is 9.30. The molecule has 0 spiro atoms. The van der Waals surface area contributed by atoms with Crippen molar-refractivity contribution >= 4 is 34.9 Å². The Hall–Kier alpha value is -4.27. The van der Waals surface area contributed by atoms with Gasteiger partial charge in [0.25, 0.3) is 5.91 Å². The number of aliphatic hydroxyl groups excluding tert-OH is 1. The average molecular weight is 405 g/mol. The Balaban J connectivity index is 1.82. The smallest absolute Gasteiger partial charge is 0.322 e. The molecule has 2 heterocycles. The number of carboxylic acid groups (broad SMARTS) is 1. The van der Waals surface area contributed by atoms with E-state index in [0.29, 0.717) is 5.56 Å². The number of benzene rings is 2. The first-order valence-electron chi connectivity index (χ1n) is 9.14. The number of carbonyl (C=O) groups is 2. The van der Waals surface area contributed by atoms with Gasteiger partial charge in [0.2, 0.25) is 0 Å². The lowest BCUT2D eigenvalue weighted by molar-refractivity contribution is -0.137. The van der Waals surface area contributed by atoms with E-state index < -0.39 is 18.4 Å². The van der Waals surface area contributed by atoms with Crippen LogP contribution < -0.4 is 11.1 Å². The quantitative estimate of drug-likeness (QED) is 0.324.